The van der Waals surface area contributed by atoms with E-state index in [2.05, 4.69) is 21.0 Å². The Labute approximate surface area is 184 Å². The Kier molecular flexibility index (Phi) is 4.28. The van der Waals surface area contributed by atoms with Gasteiger partial charge in [-0.25, -0.2) is 18.3 Å². The topological polar surface area (TPSA) is 46.3 Å². The molecule has 2 aliphatic rings. The van der Waals surface area contributed by atoms with Crippen LogP contribution in [-0.4, -0.2) is 26.1 Å². The lowest BCUT2D eigenvalue weighted by Crippen LogP contribution is -2.40. The van der Waals surface area contributed by atoms with Gasteiger partial charge in [-0.1, -0.05) is 6.07 Å². The van der Waals surface area contributed by atoms with E-state index in [1.807, 2.05) is 31.5 Å². The molecule has 0 N–H and O–H groups in total. The second-order valence-electron chi connectivity index (χ2n) is 9.02. The maximum atomic E-state index is 14.7. The summed E-state index contributed by atoms with van der Waals surface area (Å²) >= 11 is 0. The number of pyridine rings is 1. The summed E-state index contributed by atoms with van der Waals surface area (Å²) in [5.74, 6) is 0.544. The molecule has 0 amide bonds. The third-order valence-corrected chi connectivity index (χ3v) is 6.89. The van der Waals surface area contributed by atoms with Gasteiger partial charge < -0.3 is 4.90 Å². The van der Waals surface area contributed by atoms with Crippen molar-refractivity contribution in [3.8, 4) is 11.3 Å². The Morgan fingerprint density at radius 2 is 1.94 bits per heavy atom. The van der Waals surface area contributed by atoms with Gasteiger partial charge in [-0.05, 0) is 74.4 Å². The van der Waals surface area contributed by atoms with E-state index in [1.165, 1.54) is 30.5 Å². The smallest absolute Gasteiger partial charge is 0.166 e. The summed E-state index contributed by atoms with van der Waals surface area (Å²) in [7, 11) is 0. The largest absolute Gasteiger partial charge is 0.347 e. The zero-order chi connectivity index (χ0) is 21.9. The van der Waals surface area contributed by atoms with E-state index in [-0.39, 0.29) is 0 Å². The summed E-state index contributed by atoms with van der Waals surface area (Å²) in [6.45, 7) is 2.67. The first-order valence-corrected chi connectivity index (χ1v) is 11.1. The molecular weight excluding hydrogens is 408 g/mol. The highest BCUT2D eigenvalue weighted by Gasteiger charge is 2.41. The normalized spacial score (nSPS) is 20.9. The van der Waals surface area contributed by atoms with Crippen LogP contribution in [0.2, 0.25) is 0 Å². The monoisotopic (exact) mass is 431 g/mol. The summed E-state index contributed by atoms with van der Waals surface area (Å²) in [5, 5.41) is 4.44. The molecule has 0 bridgehead atoms. The van der Waals surface area contributed by atoms with Crippen LogP contribution in [0.5, 0.6) is 0 Å². The summed E-state index contributed by atoms with van der Waals surface area (Å²) in [4.78, 5) is 11.6. The van der Waals surface area contributed by atoms with Crippen molar-refractivity contribution in [3.05, 3.63) is 77.8 Å². The Morgan fingerprint density at radius 1 is 1.06 bits per heavy atom. The average Bonchev–Trinajstić information content (AvgIpc) is 3.46. The number of benzene rings is 1. The van der Waals surface area contributed by atoms with Crippen LogP contribution < -0.4 is 4.90 Å². The van der Waals surface area contributed by atoms with Gasteiger partial charge >= 0.3 is 0 Å². The lowest BCUT2D eigenvalue weighted by Gasteiger charge is -2.37. The van der Waals surface area contributed by atoms with Gasteiger partial charge in [0.1, 0.15) is 17.5 Å². The minimum absolute atomic E-state index is 0.364. The van der Waals surface area contributed by atoms with Crippen molar-refractivity contribution in [2.75, 3.05) is 11.4 Å². The number of hydrogen-bond donors (Lipinski definition) is 0. The van der Waals surface area contributed by atoms with Crippen LogP contribution in [0.15, 0.2) is 55.0 Å². The van der Waals surface area contributed by atoms with E-state index in [1.54, 1.807) is 10.7 Å². The molecule has 1 saturated carbocycles. The van der Waals surface area contributed by atoms with E-state index in [4.69, 9.17) is 4.98 Å². The van der Waals surface area contributed by atoms with Crippen molar-refractivity contribution in [3.63, 3.8) is 0 Å². The van der Waals surface area contributed by atoms with Gasteiger partial charge in [0.15, 0.2) is 5.65 Å². The molecule has 1 aromatic carbocycles. The lowest BCUT2D eigenvalue weighted by atomic mass is 9.88. The van der Waals surface area contributed by atoms with Crippen molar-refractivity contribution in [1.29, 1.82) is 0 Å². The van der Waals surface area contributed by atoms with Crippen LogP contribution >= 0.6 is 0 Å². The minimum atomic E-state index is -0.679. The molecule has 4 heterocycles. The third kappa shape index (κ3) is 3.06. The molecule has 1 saturated heterocycles. The molecule has 0 spiro atoms. The number of nitrogens with zero attached hydrogens (tertiary/aromatic N) is 5. The Hall–Kier alpha value is -3.35. The van der Waals surface area contributed by atoms with Crippen LogP contribution in [0.4, 0.5) is 14.6 Å². The summed E-state index contributed by atoms with van der Waals surface area (Å²) in [6.07, 6.45) is 9.66. The highest BCUT2D eigenvalue weighted by Crippen LogP contribution is 2.43. The maximum Gasteiger partial charge on any atom is 0.166 e. The molecule has 1 aliphatic heterocycles. The van der Waals surface area contributed by atoms with Crippen molar-refractivity contribution < 1.29 is 8.78 Å². The van der Waals surface area contributed by atoms with Gasteiger partial charge in [0.2, 0.25) is 0 Å². The van der Waals surface area contributed by atoms with Gasteiger partial charge in [0, 0.05) is 24.5 Å². The van der Waals surface area contributed by atoms with Crippen molar-refractivity contribution in [2.24, 2.45) is 0 Å². The molecule has 32 heavy (non-hydrogen) atoms. The van der Waals surface area contributed by atoms with Crippen LogP contribution in [0.25, 0.3) is 16.9 Å². The van der Waals surface area contributed by atoms with Crippen molar-refractivity contribution in [2.45, 2.75) is 44.1 Å². The Balaban J connectivity index is 1.41. The van der Waals surface area contributed by atoms with E-state index >= 15 is 0 Å². The average molecular weight is 431 g/mol. The SMILES string of the molecule is C[C@]1(c2cc(F)ccc2F)CCCN1c1ccn2ncc(-c3ccc(C4CC4)cn3)c2n1. The Bertz CT molecular complexity index is 1310. The van der Waals surface area contributed by atoms with E-state index < -0.39 is 17.2 Å². The number of hydrogen-bond acceptors (Lipinski definition) is 4. The fraction of sp³-hybridized carbons (Fsp3) is 0.320. The number of aromatic nitrogens is 4. The number of fused-ring (bicyclic) bond motifs is 1. The fourth-order valence-electron chi connectivity index (χ4n) is 4.93. The van der Waals surface area contributed by atoms with Crippen LogP contribution in [-0.2, 0) is 5.54 Å². The number of halogens is 2. The van der Waals surface area contributed by atoms with E-state index in [0.717, 1.165) is 36.0 Å². The molecule has 4 aromatic rings. The van der Waals surface area contributed by atoms with Crippen LogP contribution in [0, 0.1) is 11.6 Å². The molecule has 2 fully saturated rings. The second kappa shape index (κ2) is 7.08. The van der Waals surface area contributed by atoms with Gasteiger partial charge in [-0.15, -0.1) is 0 Å². The first-order valence-electron chi connectivity index (χ1n) is 11.1. The quantitative estimate of drug-likeness (QED) is 0.430. The predicted octanol–water partition coefficient (Wildman–Crippen LogP) is 5.46. The van der Waals surface area contributed by atoms with Gasteiger partial charge in [-0.3, -0.25) is 4.98 Å². The molecule has 1 atom stereocenters. The molecular formula is C25H23F2N5. The molecule has 1 aliphatic carbocycles. The predicted molar refractivity (Wildman–Crippen MR) is 118 cm³/mol. The molecule has 162 valence electrons. The van der Waals surface area contributed by atoms with Gasteiger partial charge in [0.25, 0.3) is 0 Å². The van der Waals surface area contributed by atoms with Gasteiger partial charge in [-0.2, -0.15) is 5.10 Å². The fourth-order valence-corrected chi connectivity index (χ4v) is 4.93. The molecule has 0 unspecified atom stereocenters. The number of anilines is 1. The maximum absolute atomic E-state index is 14.7. The molecule has 0 radical (unpaired) electrons. The lowest BCUT2D eigenvalue weighted by molar-refractivity contribution is 0.451. The molecule has 6 rings (SSSR count). The van der Waals surface area contributed by atoms with E-state index in [0.29, 0.717) is 23.7 Å². The zero-order valence-electron chi connectivity index (χ0n) is 17.8. The third-order valence-electron chi connectivity index (χ3n) is 6.89. The molecule has 5 nitrogen and oxygen atoms in total. The second-order valence-corrected chi connectivity index (χ2v) is 9.02. The molecule has 3 aromatic heterocycles. The van der Waals surface area contributed by atoms with Crippen molar-refractivity contribution >= 4 is 11.5 Å². The summed E-state index contributed by atoms with van der Waals surface area (Å²) < 4.78 is 30.4. The van der Waals surface area contributed by atoms with E-state index in [9.17, 15) is 8.78 Å². The standard InChI is InChI=1S/C25H23F2N5/c1-25(20-13-18(26)6-7-21(20)27)10-2-11-31(25)23-9-12-32-24(30-23)19(15-29-32)22-8-5-17(14-28-22)16-3-4-16/h5-9,12-16H,2-4,10-11H2,1H3/t25-/m1/s1. The summed E-state index contributed by atoms with van der Waals surface area (Å²) in [5.41, 5.74) is 3.35. The first kappa shape index (κ1) is 19.3. The Morgan fingerprint density at radius 3 is 2.72 bits per heavy atom. The van der Waals surface area contributed by atoms with Crippen LogP contribution in [0.3, 0.4) is 0 Å². The number of rotatable bonds is 4. The minimum Gasteiger partial charge on any atom is -0.347 e. The highest BCUT2D eigenvalue weighted by atomic mass is 19.1. The summed E-state index contributed by atoms with van der Waals surface area (Å²) in [6, 6.07) is 9.72. The zero-order valence-corrected chi connectivity index (χ0v) is 17.8. The van der Waals surface area contributed by atoms with Crippen molar-refractivity contribution in [1.82, 2.24) is 19.6 Å². The van der Waals surface area contributed by atoms with Gasteiger partial charge in [0.05, 0.1) is 23.0 Å². The first-order chi connectivity index (χ1) is 15.5. The highest BCUT2D eigenvalue weighted by molar-refractivity contribution is 5.75. The van der Waals surface area contributed by atoms with Crippen LogP contribution in [0.1, 0.15) is 49.7 Å². The molecule has 7 heteroatoms.